The Hall–Kier alpha value is -0.163. The van der Waals surface area contributed by atoms with Gasteiger partial charge in [-0.3, -0.25) is 0 Å². The molecule has 3 nitrogen and oxygen atoms in total. The molecule has 0 aliphatic rings. The maximum Gasteiger partial charge on any atom is 1.00 e. The van der Waals surface area contributed by atoms with Crippen LogP contribution in [-0.4, -0.2) is 10.00 Å². The first-order valence-corrected chi connectivity index (χ1v) is 4.38. The number of aliphatic hydroxyl groups is 1. The van der Waals surface area contributed by atoms with Gasteiger partial charge in [-0.25, -0.2) is 0 Å². The molecule has 2 unspecified atom stereocenters. The second-order valence-corrected chi connectivity index (χ2v) is 3.18. The van der Waals surface area contributed by atoms with Gasteiger partial charge in [0, 0.05) is 5.56 Å². The quantitative estimate of drug-likeness (QED) is 0.430. The first-order valence-electron chi connectivity index (χ1n) is 3.10. The molecule has 0 aliphatic carbocycles. The van der Waals surface area contributed by atoms with Gasteiger partial charge in [-0.2, -0.15) is 4.89 Å². The maximum atomic E-state index is 10.4. The normalized spacial score (nSPS) is 13.0. The summed E-state index contributed by atoms with van der Waals surface area (Å²) >= 11 is 0. The van der Waals surface area contributed by atoms with Crippen LogP contribution in [0.25, 0.3) is 0 Å². The monoisotopic (exact) mass is 179 g/mol. The van der Waals surface area contributed by atoms with E-state index >= 15 is 0 Å². The zero-order chi connectivity index (χ0) is 8.27. The summed E-state index contributed by atoms with van der Waals surface area (Å²) in [5.41, 5.74) is 0.469. The fraction of sp³-hybridized carbons (Fsp3) is 0.143. The molecule has 60 valence electrons. The third-order valence-corrected chi connectivity index (χ3v) is 2.02. The van der Waals surface area contributed by atoms with Gasteiger partial charge in [0.15, 0.2) is 0 Å². The van der Waals surface area contributed by atoms with Crippen LogP contribution in [0.5, 0.6) is 0 Å². The minimum Gasteiger partial charge on any atom is -1.00 e. The standard InChI is InChI=1S/C7H7O3P.Li.H/c8-7(11(9)10)6-4-2-1-3-5-6;;/h1-5,7-8H;;/q;+1;-1/p+1. The summed E-state index contributed by atoms with van der Waals surface area (Å²) in [5.74, 6) is -1.26. The van der Waals surface area contributed by atoms with E-state index in [-0.39, 0.29) is 20.3 Å². The van der Waals surface area contributed by atoms with Crippen molar-refractivity contribution >= 4 is 8.03 Å². The second-order valence-electron chi connectivity index (χ2n) is 2.09. The Balaban J connectivity index is 0. The van der Waals surface area contributed by atoms with Gasteiger partial charge in [-0.15, -0.1) is 0 Å². The number of rotatable bonds is 2. The molecule has 2 N–H and O–H groups in total. The van der Waals surface area contributed by atoms with E-state index < -0.39 is 13.9 Å². The van der Waals surface area contributed by atoms with Crippen LogP contribution in [0.1, 0.15) is 12.8 Å². The SMILES string of the molecule is O=[P+](O)C(O)c1ccccc1.[H-].[Li+]. The Morgan fingerprint density at radius 2 is 1.83 bits per heavy atom. The number of aliphatic hydroxyl groups excluding tert-OH is 1. The molecule has 1 aromatic carbocycles. The Morgan fingerprint density at radius 3 is 2.25 bits per heavy atom. The van der Waals surface area contributed by atoms with E-state index in [4.69, 9.17) is 10.00 Å². The molecule has 0 bridgehead atoms. The summed E-state index contributed by atoms with van der Waals surface area (Å²) in [4.78, 5) is 8.53. The molecule has 1 rings (SSSR count). The molecule has 0 fully saturated rings. The molecule has 0 aliphatic heterocycles. The smallest absolute Gasteiger partial charge is 1.00 e. The average Bonchev–Trinajstić information content (AvgIpc) is 2.05. The molecular formula is C7H9LiO3P+. The van der Waals surface area contributed by atoms with Crippen molar-refractivity contribution in [2.45, 2.75) is 5.85 Å². The number of hydrogen-bond donors (Lipinski definition) is 2. The van der Waals surface area contributed by atoms with Gasteiger partial charge in [0.25, 0.3) is 0 Å². The fourth-order valence-corrected chi connectivity index (χ4v) is 1.18. The minimum absolute atomic E-state index is 0. The van der Waals surface area contributed by atoms with Crippen LogP contribution in [0, 0.1) is 0 Å². The van der Waals surface area contributed by atoms with Crippen LogP contribution >= 0.6 is 8.03 Å². The van der Waals surface area contributed by atoms with E-state index in [1.54, 1.807) is 30.3 Å². The molecule has 0 radical (unpaired) electrons. The molecular weight excluding hydrogens is 170 g/mol. The van der Waals surface area contributed by atoms with Crippen LogP contribution in [0.4, 0.5) is 0 Å². The van der Waals surface area contributed by atoms with E-state index in [1.807, 2.05) is 0 Å². The topological polar surface area (TPSA) is 57.5 Å². The van der Waals surface area contributed by atoms with Gasteiger partial charge in [0.1, 0.15) is 0 Å². The molecule has 0 aromatic heterocycles. The van der Waals surface area contributed by atoms with Gasteiger partial charge in [-0.05, 0) is 4.57 Å². The molecule has 0 amide bonds. The maximum absolute atomic E-state index is 10.4. The molecule has 0 spiro atoms. The third kappa shape index (κ3) is 3.06. The Labute approximate surface area is 85.0 Å². The van der Waals surface area contributed by atoms with Crippen molar-refractivity contribution in [3.05, 3.63) is 35.9 Å². The molecule has 0 saturated carbocycles. The van der Waals surface area contributed by atoms with Crippen molar-refractivity contribution in [1.82, 2.24) is 0 Å². The van der Waals surface area contributed by atoms with E-state index in [9.17, 15) is 4.57 Å². The Kier molecular flexibility index (Phi) is 5.40. The predicted octanol–water partition coefficient (Wildman–Crippen LogP) is -1.47. The largest absolute Gasteiger partial charge is 1.00 e. The van der Waals surface area contributed by atoms with Crippen molar-refractivity contribution < 1.29 is 34.9 Å². The Morgan fingerprint density at radius 1 is 1.33 bits per heavy atom. The summed E-state index contributed by atoms with van der Waals surface area (Å²) in [6.07, 6.45) is 0. The van der Waals surface area contributed by atoms with E-state index in [0.717, 1.165) is 0 Å². The predicted molar refractivity (Wildman–Crippen MR) is 42.3 cm³/mol. The van der Waals surface area contributed by atoms with E-state index in [0.29, 0.717) is 5.56 Å². The van der Waals surface area contributed by atoms with Crippen molar-refractivity contribution in [2.75, 3.05) is 0 Å². The average molecular weight is 179 g/mol. The summed E-state index contributed by atoms with van der Waals surface area (Å²) < 4.78 is 10.4. The van der Waals surface area contributed by atoms with Crippen LogP contribution in [0.15, 0.2) is 30.3 Å². The van der Waals surface area contributed by atoms with Crippen LogP contribution in [0.2, 0.25) is 0 Å². The minimum atomic E-state index is -2.53. The Bertz CT molecular complexity index is 257. The summed E-state index contributed by atoms with van der Waals surface area (Å²) in [7, 11) is -2.53. The fourth-order valence-electron chi connectivity index (χ4n) is 0.753. The van der Waals surface area contributed by atoms with Gasteiger partial charge in [0.2, 0.25) is 0 Å². The zero-order valence-electron chi connectivity index (χ0n) is 7.71. The summed E-state index contributed by atoms with van der Waals surface area (Å²) in [6, 6.07) is 8.40. The third-order valence-electron chi connectivity index (χ3n) is 1.31. The van der Waals surface area contributed by atoms with Crippen LogP contribution < -0.4 is 18.9 Å². The first kappa shape index (κ1) is 11.8. The second kappa shape index (κ2) is 5.48. The van der Waals surface area contributed by atoms with Gasteiger partial charge >= 0.3 is 32.7 Å². The van der Waals surface area contributed by atoms with Gasteiger partial charge in [0.05, 0.1) is 0 Å². The molecule has 1 aromatic rings. The van der Waals surface area contributed by atoms with Crippen LogP contribution in [-0.2, 0) is 4.57 Å². The number of hydrogen-bond acceptors (Lipinski definition) is 2. The van der Waals surface area contributed by atoms with Gasteiger partial charge < -0.3 is 6.53 Å². The first-order chi connectivity index (χ1) is 5.22. The van der Waals surface area contributed by atoms with Crippen LogP contribution in [0.3, 0.4) is 0 Å². The zero-order valence-corrected chi connectivity index (χ0v) is 7.61. The number of benzene rings is 1. The summed E-state index contributed by atoms with van der Waals surface area (Å²) in [5, 5.41) is 9.06. The van der Waals surface area contributed by atoms with E-state index in [1.165, 1.54) is 0 Å². The van der Waals surface area contributed by atoms with Crippen molar-refractivity contribution in [2.24, 2.45) is 0 Å². The van der Waals surface area contributed by atoms with Gasteiger partial charge in [-0.1, -0.05) is 30.3 Å². The molecule has 0 heterocycles. The molecule has 5 heteroatoms. The van der Waals surface area contributed by atoms with E-state index in [2.05, 4.69) is 0 Å². The molecule has 0 saturated heterocycles. The summed E-state index contributed by atoms with van der Waals surface area (Å²) in [6.45, 7) is 0. The molecule has 12 heavy (non-hydrogen) atoms. The van der Waals surface area contributed by atoms with Crippen molar-refractivity contribution in [3.8, 4) is 0 Å². The van der Waals surface area contributed by atoms with Crippen molar-refractivity contribution in [3.63, 3.8) is 0 Å². The molecule has 2 atom stereocenters. The van der Waals surface area contributed by atoms with Crippen molar-refractivity contribution in [1.29, 1.82) is 0 Å².